The number of carbonyl (C=O) groups is 2. The van der Waals surface area contributed by atoms with Crippen molar-refractivity contribution < 1.29 is 34.8 Å². The van der Waals surface area contributed by atoms with E-state index >= 15 is 0 Å². The third-order valence-corrected chi connectivity index (χ3v) is 3.55. The number of rotatable bonds is 13. The molecule has 9 nitrogen and oxygen atoms in total. The van der Waals surface area contributed by atoms with Crippen molar-refractivity contribution in [2.24, 2.45) is 0 Å². The van der Waals surface area contributed by atoms with Gasteiger partial charge in [-0.3, -0.25) is 9.59 Å². The van der Waals surface area contributed by atoms with Gasteiger partial charge in [-0.25, -0.2) is 0 Å². The summed E-state index contributed by atoms with van der Waals surface area (Å²) in [4.78, 5) is 22.9. The Morgan fingerprint density at radius 3 is 2.21 bits per heavy atom. The van der Waals surface area contributed by atoms with Gasteiger partial charge in [0.15, 0.2) is 6.10 Å². The van der Waals surface area contributed by atoms with Crippen LogP contribution >= 0.6 is 12.6 Å². The highest BCUT2D eigenvalue weighted by Crippen LogP contribution is 2.09. The molecule has 2 unspecified atom stereocenters. The summed E-state index contributed by atoms with van der Waals surface area (Å²) in [7, 11) is 1.18. The molecule has 142 valence electrons. The summed E-state index contributed by atoms with van der Waals surface area (Å²) in [5.74, 6) is -0.412. The zero-order chi connectivity index (χ0) is 18.5. The highest BCUT2D eigenvalue weighted by atomic mass is 32.1. The maximum Gasteiger partial charge on any atom is 0.251 e. The van der Waals surface area contributed by atoms with Gasteiger partial charge in [-0.2, -0.15) is 12.6 Å². The predicted octanol–water partition coefficient (Wildman–Crippen LogP) is -2.59. The molecule has 0 radical (unpaired) electrons. The molecule has 0 fully saturated rings. The average Bonchev–Trinajstić information content (AvgIpc) is 2.57. The number of unbranched alkanes of at least 4 members (excludes halogenated alkanes) is 1. The fraction of sp³-hybridized carbons (Fsp3) is 0.857. The van der Waals surface area contributed by atoms with Gasteiger partial charge < -0.3 is 35.8 Å². The van der Waals surface area contributed by atoms with Crippen LogP contribution in [0.15, 0.2) is 0 Å². The van der Waals surface area contributed by atoms with E-state index in [1.165, 1.54) is 7.11 Å². The molecule has 0 aliphatic rings. The first-order valence-corrected chi connectivity index (χ1v) is 8.35. The van der Waals surface area contributed by atoms with Crippen LogP contribution in [0.3, 0.4) is 0 Å². The number of hydrogen-bond acceptors (Lipinski definition) is 8. The van der Waals surface area contributed by atoms with Gasteiger partial charge in [0.2, 0.25) is 5.91 Å². The van der Waals surface area contributed by atoms with Crippen molar-refractivity contribution in [1.82, 2.24) is 10.6 Å². The van der Waals surface area contributed by atoms with Crippen LogP contribution in [0.5, 0.6) is 0 Å². The molecule has 0 aromatic heterocycles. The van der Waals surface area contributed by atoms with Gasteiger partial charge in [0, 0.05) is 26.6 Å². The molecule has 0 heterocycles. The number of aliphatic hydroxyl groups excluding tert-OH is 4. The second-order valence-electron chi connectivity index (χ2n) is 5.21. The number of hydrogen-bond donors (Lipinski definition) is 7. The second-order valence-corrected chi connectivity index (χ2v) is 5.65. The summed E-state index contributed by atoms with van der Waals surface area (Å²) in [5, 5.41) is 43.0. The molecule has 0 saturated heterocycles. The van der Waals surface area contributed by atoms with Crippen LogP contribution in [0.25, 0.3) is 0 Å². The lowest BCUT2D eigenvalue weighted by Crippen LogP contribution is -2.52. The quantitative estimate of drug-likeness (QED) is 0.139. The van der Waals surface area contributed by atoms with E-state index in [9.17, 15) is 24.9 Å². The van der Waals surface area contributed by atoms with Crippen LogP contribution in [0.1, 0.15) is 19.3 Å². The van der Waals surface area contributed by atoms with Crippen LogP contribution in [0.2, 0.25) is 0 Å². The number of methoxy groups -OCH3 is 1. The molecule has 10 heteroatoms. The number of carbonyl (C=O) groups excluding carboxylic acids is 2. The Bertz CT molecular complexity index is 373. The first-order chi connectivity index (χ1) is 11.4. The average molecular weight is 368 g/mol. The zero-order valence-corrected chi connectivity index (χ0v) is 14.6. The van der Waals surface area contributed by atoms with E-state index in [2.05, 4.69) is 23.3 Å². The van der Waals surface area contributed by atoms with Crippen molar-refractivity contribution in [3.05, 3.63) is 0 Å². The molecule has 0 bridgehead atoms. The molecule has 0 aliphatic carbocycles. The largest absolute Gasteiger partial charge is 0.394 e. The fourth-order valence-electron chi connectivity index (χ4n) is 1.95. The Morgan fingerprint density at radius 1 is 1.12 bits per heavy atom. The molecule has 0 spiro atoms. The molecule has 4 atom stereocenters. The van der Waals surface area contributed by atoms with E-state index in [1.54, 1.807) is 0 Å². The first kappa shape index (κ1) is 23.1. The minimum absolute atomic E-state index is 0.0828. The highest BCUT2D eigenvalue weighted by molar-refractivity contribution is 7.80. The zero-order valence-electron chi connectivity index (χ0n) is 13.7. The van der Waals surface area contributed by atoms with Gasteiger partial charge in [-0.1, -0.05) is 0 Å². The summed E-state index contributed by atoms with van der Waals surface area (Å²) >= 11 is 3.95. The molecule has 0 aliphatic heterocycles. The van der Waals surface area contributed by atoms with Crippen molar-refractivity contribution in [2.75, 3.05) is 32.6 Å². The monoisotopic (exact) mass is 368 g/mol. The maximum absolute atomic E-state index is 11.7. The highest BCUT2D eigenvalue weighted by Gasteiger charge is 2.35. The van der Waals surface area contributed by atoms with Crippen LogP contribution in [-0.2, 0) is 14.3 Å². The second kappa shape index (κ2) is 13.4. The summed E-state index contributed by atoms with van der Waals surface area (Å²) in [6.45, 7) is 0.0518. The number of nitrogens with one attached hydrogen (secondary N) is 2. The van der Waals surface area contributed by atoms with Crippen LogP contribution in [-0.4, -0.2) is 89.2 Å². The van der Waals surface area contributed by atoms with Crippen molar-refractivity contribution >= 4 is 24.4 Å². The fourth-order valence-corrected chi connectivity index (χ4v) is 2.15. The van der Waals surface area contributed by atoms with E-state index in [0.29, 0.717) is 31.6 Å². The van der Waals surface area contributed by atoms with Crippen LogP contribution in [0, 0.1) is 0 Å². The van der Waals surface area contributed by atoms with Crippen molar-refractivity contribution in [1.29, 1.82) is 0 Å². The molecule has 0 rings (SSSR count). The predicted molar refractivity (Wildman–Crippen MR) is 89.6 cm³/mol. The number of aliphatic hydroxyl groups is 4. The lowest BCUT2D eigenvalue weighted by molar-refractivity contribution is -0.153. The Labute approximate surface area is 146 Å². The van der Waals surface area contributed by atoms with E-state index in [1.807, 2.05) is 0 Å². The van der Waals surface area contributed by atoms with E-state index in [0.717, 1.165) is 0 Å². The number of amides is 2. The van der Waals surface area contributed by atoms with Crippen molar-refractivity contribution in [3.8, 4) is 0 Å². The van der Waals surface area contributed by atoms with Gasteiger partial charge in [-0.15, -0.1) is 0 Å². The summed E-state index contributed by atoms with van der Waals surface area (Å²) in [6, 6.07) is 0. The van der Waals surface area contributed by atoms with E-state index in [-0.39, 0.29) is 12.5 Å². The Morgan fingerprint density at radius 2 is 1.71 bits per heavy atom. The molecule has 0 aromatic carbocycles. The van der Waals surface area contributed by atoms with Gasteiger partial charge in [-0.05, 0) is 18.6 Å². The van der Waals surface area contributed by atoms with Gasteiger partial charge in [0.05, 0.1) is 6.61 Å². The maximum atomic E-state index is 11.7. The van der Waals surface area contributed by atoms with Gasteiger partial charge >= 0.3 is 0 Å². The third-order valence-electron chi connectivity index (χ3n) is 3.33. The van der Waals surface area contributed by atoms with Crippen molar-refractivity contribution in [3.63, 3.8) is 0 Å². The minimum Gasteiger partial charge on any atom is -0.394 e. The molecular weight excluding hydrogens is 340 g/mol. The molecule has 6 N–H and O–H groups in total. The lowest BCUT2D eigenvalue weighted by Gasteiger charge is -2.27. The minimum atomic E-state index is -1.80. The summed E-state index contributed by atoms with van der Waals surface area (Å²) < 4.78 is 4.79. The Balaban J connectivity index is 4.03. The van der Waals surface area contributed by atoms with Gasteiger partial charge in [0.1, 0.15) is 18.3 Å². The molecule has 0 saturated carbocycles. The topological polar surface area (TPSA) is 148 Å². The Kier molecular flexibility index (Phi) is 12.9. The smallest absolute Gasteiger partial charge is 0.251 e. The van der Waals surface area contributed by atoms with E-state index < -0.39 is 36.9 Å². The number of thiol groups is 1. The van der Waals surface area contributed by atoms with Gasteiger partial charge in [0.25, 0.3) is 5.91 Å². The molecule has 24 heavy (non-hydrogen) atoms. The summed E-state index contributed by atoms with van der Waals surface area (Å²) in [5.41, 5.74) is 0. The first-order valence-electron chi connectivity index (χ1n) is 7.72. The summed E-state index contributed by atoms with van der Waals surface area (Å²) in [6.07, 6.45) is -4.64. The van der Waals surface area contributed by atoms with E-state index in [4.69, 9.17) is 9.84 Å². The molecule has 2 amide bonds. The third kappa shape index (κ3) is 8.81. The Hall–Kier alpha value is -0.910. The number of ether oxygens (including phenoxy) is 1. The molecular formula is C14H28N2O7S. The van der Waals surface area contributed by atoms with Crippen LogP contribution in [0.4, 0.5) is 0 Å². The normalized spacial score (nSPS) is 16.1. The standard InChI is InChI=1S/C14H28N2O7S/c1-23-13(9(18)8-17)11(20)12(21)14(22)16-6-3-2-5-15-10(19)4-7-24/h9,11-13,17-18,20-21,24H,2-8H2,1H3,(H,15,19)(H,16,22)/t9?,11-,12?,13-/m1/s1. The SMILES string of the molecule is CO[C@H](C(O)CO)[C@H](O)C(O)C(=O)NCCCCNC(=O)CCS. The van der Waals surface area contributed by atoms with Crippen LogP contribution < -0.4 is 10.6 Å². The molecule has 0 aromatic rings. The lowest BCUT2D eigenvalue weighted by atomic mass is 10.0. The van der Waals surface area contributed by atoms with Crippen molar-refractivity contribution in [2.45, 2.75) is 43.7 Å².